The summed E-state index contributed by atoms with van der Waals surface area (Å²) in [6.07, 6.45) is 1.37. The Hall–Kier alpha value is -1.35. The van der Waals surface area contributed by atoms with Crippen LogP contribution in [-0.2, 0) is 16.0 Å². The van der Waals surface area contributed by atoms with Crippen LogP contribution in [0, 0.1) is 0 Å². The maximum Gasteiger partial charge on any atom is 0.325 e. The Balaban J connectivity index is 2.53. The normalized spacial score (nSPS) is 14.3. The molecule has 0 bridgehead atoms. The predicted molar refractivity (Wildman–Crippen MR) is 59.4 cm³/mol. The minimum atomic E-state index is -0.898. The molecule has 0 radical (unpaired) electrons. The van der Waals surface area contributed by atoms with E-state index in [2.05, 4.69) is 4.74 Å². The lowest BCUT2D eigenvalue weighted by molar-refractivity contribution is -0.146. The molecule has 0 aliphatic rings. The van der Waals surface area contributed by atoms with Gasteiger partial charge in [-0.05, 0) is 25.3 Å². The number of benzene rings is 1. The third-order valence-electron chi connectivity index (χ3n) is 2.43. The number of methoxy groups -OCH3 is 1. The van der Waals surface area contributed by atoms with E-state index in [1.165, 1.54) is 12.7 Å². The van der Waals surface area contributed by atoms with E-state index in [1.54, 1.807) is 6.92 Å². The van der Waals surface area contributed by atoms with Crippen molar-refractivity contribution < 1.29 is 9.53 Å². The smallest absolute Gasteiger partial charge is 0.325 e. The topological polar surface area (TPSA) is 52.3 Å². The Kier molecular flexibility index (Phi) is 3.86. The minimum Gasteiger partial charge on any atom is -0.468 e. The van der Waals surface area contributed by atoms with Gasteiger partial charge in [-0.3, -0.25) is 4.79 Å². The fraction of sp³-hybridized carbons (Fsp3) is 0.417. The van der Waals surface area contributed by atoms with Crippen molar-refractivity contribution in [3.8, 4) is 0 Å². The number of hydrogen-bond acceptors (Lipinski definition) is 3. The molecule has 1 aromatic rings. The average molecular weight is 207 g/mol. The predicted octanol–water partition coefficient (Wildman–Crippen LogP) is 1.51. The summed E-state index contributed by atoms with van der Waals surface area (Å²) in [5, 5.41) is 0. The molecule has 0 heterocycles. The summed E-state index contributed by atoms with van der Waals surface area (Å²) in [5.41, 5.74) is 6.12. The van der Waals surface area contributed by atoms with Gasteiger partial charge in [-0.1, -0.05) is 30.3 Å². The molecule has 1 aromatic carbocycles. The van der Waals surface area contributed by atoms with Crippen LogP contribution in [0.5, 0.6) is 0 Å². The van der Waals surface area contributed by atoms with Crippen LogP contribution in [0.3, 0.4) is 0 Å². The first-order valence-electron chi connectivity index (χ1n) is 4.97. The van der Waals surface area contributed by atoms with Crippen molar-refractivity contribution >= 4 is 5.97 Å². The quantitative estimate of drug-likeness (QED) is 0.761. The number of hydrogen-bond donors (Lipinski definition) is 1. The third-order valence-corrected chi connectivity index (χ3v) is 2.43. The lowest BCUT2D eigenvalue weighted by Gasteiger charge is -2.21. The minimum absolute atomic E-state index is 0.363. The van der Waals surface area contributed by atoms with Crippen molar-refractivity contribution in [3.63, 3.8) is 0 Å². The number of ether oxygens (including phenoxy) is 1. The van der Waals surface area contributed by atoms with Crippen molar-refractivity contribution in [2.75, 3.05) is 7.11 Å². The van der Waals surface area contributed by atoms with Gasteiger partial charge in [-0.25, -0.2) is 0 Å². The van der Waals surface area contributed by atoms with Crippen LogP contribution in [0.4, 0.5) is 0 Å². The highest BCUT2D eigenvalue weighted by molar-refractivity contribution is 5.79. The lowest BCUT2D eigenvalue weighted by Crippen LogP contribution is -2.46. The number of nitrogens with two attached hydrogens (primary N) is 1. The van der Waals surface area contributed by atoms with Crippen LogP contribution in [0.2, 0.25) is 0 Å². The number of carbonyl (C=O) groups excluding carboxylic acids is 1. The van der Waals surface area contributed by atoms with Gasteiger partial charge in [0.2, 0.25) is 0 Å². The summed E-state index contributed by atoms with van der Waals surface area (Å²) in [4.78, 5) is 11.3. The SMILES string of the molecule is COC(=O)[C@](C)(N)CCc1ccccc1. The van der Waals surface area contributed by atoms with Gasteiger partial charge < -0.3 is 10.5 Å². The zero-order chi connectivity index (χ0) is 11.3. The van der Waals surface area contributed by atoms with E-state index in [0.29, 0.717) is 6.42 Å². The van der Waals surface area contributed by atoms with Gasteiger partial charge in [-0.15, -0.1) is 0 Å². The second-order valence-electron chi connectivity index (χ2n) is 3.89. The zero-order valence-electron chi connectivity index (χ0n) is 9.19. The van der Waals surface area contributed by atoms with Gasteiger partial charge >= 0.3 is 5.97 Å². The number of rotatable bonds is 4. The maximum absolute atomic E-state index is 11.3. The Morgan fingerprint density at radius 2 is 2.00 bits per heavy atom. The van der Waals surface area contributed by atoms with Crippen molar-refractivity contribution in [2.45, 2.75) is 25.3 Å². The van der Waals surface area contributed by atoms with Gasteiger partial charge in [0.25, 0.3) is 0 Å². The Labute approximate surface area is 90.2 Å². The summed E-state index contributed by atoms with van der Waals surface area (Å²) < 4.78 is 4.64. The molecule has 0 unspecified atom stereocenters. The van der Waals surface area contributed by atoms with E-state index in [-0.39, 0.29) is 5.97 Å². The monoisotopic (exact) mass is 207 g/mol. The first-order chi connectivity index (χ1) is 7.06. The fourth-order valence-electron chi connectivity index (χ4n) is 1.38. The third kappa shape index (κ3) is 3.36. The van der Waals surface area contributed by atoms with Crippen LogP contribution in [-0.4, -0.2) is 18.6 Å². The van der Waals surface area contributed by atoms with Crippen LogP contribution in [0.1, 0.15) is 18.9 Å². The molecule has 0 aliphatic heterocycles. The molecule has 3 heteroatoms. The molecule has 15 heavy (non-hydrogen) atoms. The molecular formula is C12H17NO2. The van der Waals surface area contributed by atoms with Crippen LogP contribution < -0.4 is 5.73 Å². The molecule has 82 valence electrons. The summed E-state index contributed by atoms with van der Waals surface area (Å²) in [7, 11) is 1.36. The summed E-state index contributed by atoms with van der Waals surface area (Å²) >= 11 is 0. The molecule has 0 spiro atoms. The van der Waals surface area contributed by atoms with Crippen molar-refractivity contribution in [1.82, 2.24) is 0 Å². The van der Waals surface area contributed by atoms with Gasteiger partial charge in [0.05, 0.1) is 7.11 Å². The largest absolute Gasteiger partial charge is 0.468 e. The summed E-state index contributed by atoms with van der Waals surface area (Å²) in [6.45, 7) is 1.70. The molecule has 0 amide bonds. The van der Waals surface area contributed by atoms with E-state index >= 15 is 0 Å². The zero-order valence-corrected chi connectivity index (χ0v) is 9.19. The second-order valence-corrected chi connectivity index (χ2v) is 3.89. The molecule has 0 saturated carbocycles. The van der Waals surface area contributed by atoms with E-state index < -0.39 is 5.54 Å². The average Bonchev–Trinajstić information content (AvgIpc) is 2.27. The first kappa shape index (κ1) is 11.7. The van der Waals surface area contributed by atoms with Gasteiger partial charge in [0, 0.05) is 0 Å². The summed E-state index contributed by atoms with van der Waals surface area (Å²) in [6, 6.07) is 9.95. The fourth-order valence-corrected chi connectivity index (χ4v) is 1.38. The first-order valence-corrected chi connectivity index (χ1v) is 4.97. The van der Waals surface area contributed by atoms with Gasteiger partial charge in [0.1, 0.15) is 5.54 Å². The van der Waals surface area contributed by atoms with Crippen molar-refractivity contribution in [3.05, 3.63) is 35.9 Å². The molecule has 0 aromatic heterocycles. The van der Waals surface area contributed by atoms with Crippen LogP contribution in [0.15, 0.2) is 30.3 Å². The number of aryl methyl sites for hydroxylation is 1. The molecule has 0 fully saturated rings. The Morgan fingerprint density at radius 3 is 2.53 bits per heavy atom. The van der Waals surface area contributed by atoms with Crippen LogP contribution in [0.25, 0.3) is 0 Å². The second kappa shape index (κ2) is 4.94. The van der Waals surface area contributed by atoms with Crippen molar-refractivity contribution in [1.29, 1.82) is 0 Å². The summed E-state index contributed by atoms with van der Waals surface area (Å²) in [5.74, 6) is -0.363. The highest BCUT2D eigenvalue weighted by atomic mass is 16.5. The van der Waals surface area contributed by atoms with Crippen LogP contribution >= 0.6 is 0 Å². The Morgan fingerprint density at radius 1 is 1.40 bits per heavy atom. The molecule has 0 aliphatic carbocycles. The molecule has 0 saturated heterocycles. The van der Waals surface area contributed by atoms with Gasteiger partial charge in [-0.2, -0.15) is 0 Å². The maximum atomic E-state index is 11.3. The molecule has 1 atom stereocenters. The van der Waals surface area contributed by atoms with Crippen molar-refractivity contribution in [2.24, 2.45) is 5.73 Å². The highest BCUT2D eigenvalue weighted by Gasteiger charge is 2.28. The molecule has 1 rings (SSSR count). The van der Waals surface area contributed by atoms with Gasteiger partial charge in [0.15, 0.2) is 0 Å². The number of carbonyl (C=O) groups is 1. The van der Waals surface area contributed by atoms with E-state index in [9.17, 15) is 4.79 Å². The van der Waals surface area contributed by atoms with E-state index in [0.717, 1.165) is 6.42 Å². The molecule has 2 N–H and O–H groups in total. The highest BCUT2D eigenvalue weighted by Crippen LogP contribution is 2.12. The Bertz CT molecular complexity index is 320. The standard InChI is InChI=1S/C12H17NO2/c1-12(13,11(14)15-2)9-8-10-6-4-3-5-7-10/h3-7H,8-9,13H2,1-2H3/t12-/m1/s1. The van der Waals surface area contributed by atoms with E-state index in [1.807, 2.05) is 30.3 Å². The molecule has 3 nitrogen and oxygen atoms in total. The molecular weight excluding hydrogens is 190 g/mol. The number of esters is 1. The van der Waals surface area contributed by atoms with E-state index in [4.69, 9.17) is 5.73 Å². The lowest BCUT2D eigenvalue weighted by atomic mass is 9.94.